The standard InChI is InChI=1S/C18H38N4O2S.HI/c1-6-11-22-12-8-16(9-13-22)21-17(19-7-2)20-15-18(3,4)10-14-25(5,23)24;/h16H,6-15H2,1-5H3,(H2,19,20,21);1H. The summed E-state index contributed by atoms with van der Waals surface area (Å²) in [5.41, 5.74) is -0.129. The normalized spacial score (nSPS) is 17.7. The van der Waals surface area contributed by atoms with Crippen LogP contribution in [0.5, 0.6) is 0 Å². The summed E-state index contributed by atoms with van der Waals surface area (Å²) in [6, 6.07) is 0.463. The molecule has 0 radical (unpaired) electrons. The van der Waals surface area contributed by atoms with Gasteiger partial charge in [-0.1, -0.05) is 20.8 Å². The van der Waals surface area contributed by atoms with E-state index in [2.05, 4.69) is 43.2 Å². The van der Waals surface area contributed by atoms with Crippen molar-refractivity contribution in [1.29, 1.82) is 0 Å². The summed E-state index contributed by atoms with van der Waals surface area (Å²) in [4.78, 5) is 7.25. The van der Waals surface area contributed by atoms with Gasteiger partial charge in [-0.3, -0.25) is 4.99 Å². The molecule has 0 saturated carbocycles. The zero-order chi connectivity index (χ0) is 18.9. The molecule has 0 amide bonds. The van der Waals surface area contributed by atoms with E-state index in [-0.39, 0.29) is 35.1 Å². The lowest BCUT2D eigenvalue weighted by atomic mass is 9.90. The third-order valence-corrected chi connectivity index (χ3v) is 5.57. The minimum Gasteiger partial charge on any atom is -0.357 e. The summed E-state index contributed by atoms with van der Waals surface area (Å²) in [6.07, 6.45) is 5.42. The largest absolute Gasteiger partial charge is 0.357 e. The van der Waals surface area contributed by atoms with E-state index in [4.69, 9.17) is 4.99 Å². The Kier molecular flexibility index (Phi) is 12.3. The monoisotopic (exact) mass is 502 g/mol. The minimum atomic E-state index is -2.92. The highest BCUT2D eigenvalue weighted by molar-refractivity contribution is 14.0. The smallest absolute Gasteiger partial charge is 0.191 e. The van der Waals surface area contributed by atoms with Gasteiger partial charge in [0, 0.05) is 38.5 Å². The van der Waals surface area contributed by atoms with Crippen LogP contribution in [0, 0.1) is 5.41 Å². The molecular formula is C18H39IN4O2S. The number of nitrogens with zero attached hydrogens (tertiary/aromatic N) is 2. The van der Waals surface area contributed by atoms with Gasteiger partial charge in [-0.05, 0) is 44.6 Å². The van der Waals surface area contributed by atoms with E-state index in [9.17, 15) is 8.42 Å². The predicted octanol–water partition coefficient (Wildman–Crippen LogP) is 2.49. The van der Waals surface area contributed by atoms with Crippen molar-refractivity contribution >= 4 is 39.8 Å². The molecule has 2 N–H and O–H groups in total. The lowest BCUT2D eigenvalue weighted by Gasteiger charge is -2.33. The number of halogens is 1. The average Bonchev–Trinajstić information content (AvgIpc) is 2.53. The van der Waals surface area contributed by atoms with Gasteiger partial charge in [0.1, 0.15) is 9.84 Å². The summed E-state index contributed by atoms with van der Waals surface area (Å²) in [7, 11) is -2.92. The van der Waals surface area contributed by atoms with Crippen molar-refractivity contribution < 1.29 is 8.42 Å². The molecule has 0 aliphatic carbocycles. The molecule has 0 unspecified atom stereocenters. The number of piperidine rings is 1. The molecule has 0 bridgehead atoms. The topological polar surface area (TPSA) is 73.8 Å². The molecular weight excluding hydrogens is 463 g/mol. The molecule has 1 heterocycles. The Morgan fingerprint density at radius 1 is 1.23 bits per heavy atom. The van der Waals surface area contributed by atoms with Crippen LogP contribution in [-0.4, -0.2) is 70.1 Å². The van der Waals surface area contributed by atoms with Gasteiger partial charge < -0.3 is 15.5 Å². The van der Waals surface area contributed by atoms with Crippen LogP contribution < -0.4 is 10.6 Å². The van der Waals surface area contributed by atoms with Crippen molar-refractivity contribution in [3.05, 3.63) is 0 Å². The number of sulfone groups is 1. The molecule has 1 rings (SSSR count). The van der Waals surface area contributed by atoms with Crippen molar-refractivity contribution in [1.82, 2.24) is 15.5 Å². The van der Waals surface area contributed by atoms with Crippen molar-refractivity contribution in [3.8, 4) is 0 Å². The fraction of sp³-hybridized carbons (Fsp3) is 0.944. The van der Waals surface area contributed by atoms with Gasteiger partial charge in [0.25, 0.3) is 0 Å². The van der Waals surface area contributed by atoms with Crippen LogP contribution in [0.3, 0.4) is 0 Å². The predicted molar refractivity (Wildman–Crippen MR) is 122 cm³/mol. The number of hydrogen-bond acceptors (Lipinski definition) is 4. The third-order valence-electron chi connectivity index (χ3n) is 4.63. The van der Waals surface area contributed by atoms with Gasteiger partial charge in [0.05, 0.1) is 5.75 Å². The number of hydrogen-bond donors (Lipinski definition) is 2. The maximum Gasteiger partial charge on any atom is 0.191 e. The summed E-state index contributed by atoms with van der Waals surface area (Å²) in [5, 5.41) is 6.88. The van der Waals surface area contributed by atoms with E-state index in [1.54, 1.807) is 0 Å². The molecule has 26 heavy (non-hydrogen) atoms. The maximum absolute atomic E-state index is 11.4. The molecule has 1 saturated heterocycles. The summed E-state index contributed by atoms with van der Waals surface area (Å²) >= 11 is 0. The SMILES string of the molecule is CCCN1CCC(NC(=NCC(C)(C)CCS(C)(=O)=O)NCC)CC1.I. The van der Waals surface area contributed by atoms with Crippen molar-refractivity contribution in [3.63, 3.8) is 0 Å². The highest BCUT2D eigenvalue weighted by atomic mass is 127. The van der Waals surface area contributed by atoms with Gasteiger partial charge >= 0.3 is 0 Å². The number of guanidine groups is 1. The highest BCUT2D eigenvalue weighted by Gasteiger charge is 2.22. The molecule has 0 spiro atoms. The van der Waals surface area contributed by atoms with Gasteiger partial charge in [0.2, 0.25) is 0 Å². The fourth-order valence-electron chi connectivity index (χ4n) is 2.96. The van der Waals surface area contributed by atoms with E-state index >= 15 is 0 Å². The van der Waals surface area contributed by atoms with Crippen molar-refractivity contribution in [2.24, 2.45) is 10.4 Å². The van der Waals surface area contributed by atoms with Gasteiger partial charge in [-0.15, -0.1) is 24.0 Å². The van der Waals surface area contributed by atoms with E-state index in [1.807, 2.05) is 0 Å². The summed E-state index contributed by atoms with van der Waals surface area (Å²) < 4.78 is 22.8. The molecule has 1 aliphatic heterocycles. The molecule has 6 nitrogen and oxygen atoms in total. The van der Waals surface area contributed by atoms with Gasteiger partial charge in [-0.25, -0.2) is 8.42 Å². The fourth-order valence-corrected chi connectivity index (χ4v) is 3.89. The molecule has 0 aromatic rings. The second kappa shape index (κ2) is 12.4. The highest BCUT2D eigenvalue weighted by Crippen LogP contribution is 2.21. The van der Waals surface area contributed by atoms with Crippen LogP contribution >= 0.6 is 24.0 Å². The Labute approximate surface area is 177 Å². The summed E-state index contributed by atoms with van der Waals surface area (Å²) in [6.45, 7) is 13.4. The van der Waals surface area contributed by atoms with E-state index in [1.165, 1.54) is 19.2 Å². The maximum atomic E-state index is 11.4. The molecule has 156 valence electrons. The van der Waals surface area contributed by atoms with Gasteiger partial charge in [0.15, 0.2) is 5.96 Å². The van der Waals surface area contributed by atoms with Crippen LogP contribution in [0.15, 0.2) is 4.99 Å². The molecule has 0 aromatic heterocycles. The van der Waals surface area contributed by atoms with Crippen LogP contribution in [0.4, 0.5) is 0 Å². The Morgan fingerprint density at radius 3 is 2.35 bits per heavy atom. The van der Waals surface area contributed by atoms with E-state index < -0.39 is 9.84 Å². The molecule has 0 atom stereocenters. The van der Waals surface area contributed by atoms with Crippen molar-refractivity contribution in [2.45, 2.75) is 59.4 Å². The molecule has 0 aromatic carbocycles. The van der Waals surface area contributed by atoms with Crippen LogP contribution in [-0.2, 0) is 9.84 Å². The van der Waals surface area contributed by atoms with Crippen LogP contribution in [0.1, 0.15) is 53.4 Å². The molecule has 1 fully saturated rings. The zero-order valence-electron chi connectivity index (χ0n) is 17.2. The van der Waals surface area contributed by atoms with E-state index in [0.717, 1.165) is 38.4 Å². The molecule has 8 heteroatoms. The number of rotatable bonds is 9. The quantitative estimate of drug-likeness (QED) is 0.288. The average molecular weight is 503 g/mol. The van der Waals surface area contributed by atoms with E-state index in [0.29, 0.717) is 19.0 Å². The number of aliphatic imine (C=N–C) groups is 1. The Balaban J connectivity index is 0.00000625. The van der Waals surface area contributed by atoms with Gasteiger partial charge in [-0.2, -0.15) is 0 Å². The Hall–Kier alpha value is -0.0900. The number of nitrogens with one attached hydrogen (secondary N) is 2. The van der Waals surface area contributed by atoms with Crippen molar-refractivity contribution in [2.75, 3.05) is 44.7 Å². The Morgan fingerprint density at radius 2 is 1.85 bits per heavy atom. The lowest BCUT2D eigenvalue weighted by Crippen LogP contribution is -2.49. The molecule has 1 aliphatic rings. The third kappa shape index (κ3) is 11.6. The second-order valence-corrected chi connectivity index (χ2v) is 10.3. The number of likely N-dealkylation sites (tertiary alicyclic amines) is 1. The Bertz CT molecular complexity index is 515. The first-order valence-corrected chi connectivity index (χ1v) is 11.7. The minimum absolute atomic E-state index is 0. The first-order chi connectivity index (χ1) is 11.6. The first kappa shape index (κ1) is 25.9. The zero-order valence-corrected chi connectivity index (χ0v) is 20.3. The van der Waals surface area contributed by atoms with Crippen LogP contribution in [0.2, 0.25) is 0 Å². The first-order valence-electron chi connectivity index (χ1n) is 9.60. The van der Waals surface area contributed by atoms with Crippen LogP contribution in [0.25, 0.3) is 0 Å². The lowest BCUT2D eigenvalue weighted by molar-refractivity contribution is 0.206. The summed E-state index contributed by atoms with van der Waals surface area (Å²) in [5.74, 6) is 1.07. The second-order valence-electron chi connectivity index (χ2n) is 8.00.